The molecule has 28 heavy (non-hydrogen) atoms. The summed E-state index contributed by atoms with van der Waals surface area (Å²) in [7, 11) is 0. The van der Waals surface area contributed by atoms with Crippen molar-refractivity contribution in [2.24, 2.45) is 0 Å². The molecule has 0 aliphatic carbocycles. The van der Waals surface area contributed by atoms with Crippen molar-refractivity contribution in [2.45, 2.75) is 18.9 Å². The summed E-state index contributed by atoms with van der Waals surface area (Å²) in [6.07, 6.45) is 9.48. The Kier molecular flexibility index (Phi) is 4.13. The molecule has 1 atom stereocenters. The Hall–Kier alpha value is -3.47. The molecule has 1 saturated heterocycles. The number of aromatic nitrogens is 3. The first kappa shape index (κ1) is 16.7. The van der Waals surface area contributed by atoms with E-state index >= 15 is 0 Å². The van der Waals surface area contributed by atoms with Crippen molar-refractivity contribution in [2.75, 3.05) is 6.54 Å². The molecule has 4 aromatic rings. The largest absolute Gasteiger partial charge is 0.332 e. The summed E-state index contributed by atoms with van der Waals surface area (Å²) in [5.41, 5.74) is 4.58. The predicted octanol–water partition coefficient (Wildman–Crippen LogP) is 4.37. The van der Waals surface area contributed by atoms with Gasteiger partial charge in [-0.3, -0.25) is 9.78 Å². The van der Waals surface area contributed by atoms with Gasteiger partial charge < -0.3 is 9.30 Å². The molecule has 3 aromatic heterocycles. The van der Waals surface area contributed by atoms with Crippen LogP contribution in [0, 0.1) is 0 Å². The van der Waals surface area contributed by atoms with E-state index in [1.807, 2.05) is 76.4 Å². The number of rotatable bonds is 3. The number of carbonyl (C=O) groups excluding carboxylic acids is 1. The maximum Gasteiger partial charge on any atom is 0.255 e. The van der Waals surface area contributed by atoms with Gasteiger partial charge in [0.15, 0.2) is 0 Å². The van der Waals surface area contributed by atoms with Gasteiger partial charge in [0.1, 0.15) is 5.65 Å². The van der Waals surface area contributed by atoms with Crippen LogP contribution in [0.1, 0.15) is 34.8 Å². The van der Waals surface area contributed by atoms with E-state index in [0.29, 0.717) is 5.56 Å². The minimum atomic E-state index is 0.0585. The molecule has 1 aromatic carbocycles. The average Bonchev–Trinajstić information content (AvgIpc) is 3.41. The molecule has 0 unspecified atom stereocenters. The van der Waals surface area contributed by atoms with Crippen molar-refractivity contribution in [3.05, 3.63) is 90.5 Å². The van der Waals surface area contributed by atoms with Crippen LogP contribution >= 0.6 is 0 Å². The van der Waals surface area contributed by atoms with Crippen molar-refractivity contribution < 1.29 is 4.79 Å². The van der Waals surface area contributed by atoms with E-state index in [9.17, 15) is 4.79 Å². The third kappa shape index (κ3) is 2.95. The Morgan fingerprint density at radius 1 is 1.00 bits per heavy atom. The standard InChI is InChI=1S/C23H20N4O/c28-23(27-13-5-9-21(27)18-8-4-12-24-14-18)19-10-11-22-25-20(16-26(22)15-19)17-6-2-1-3-7-17/h1-4,6-8,10-12,14-16,21H,5,9,13H2/t21-/m1/s1. The maximum atomic E-state index is 13.2. The molecule has 0 bridgehead atoms. The highest BCUT2D eigenvalue weighted by Gasteiger charge is 2.30. The minimum absolute atomic E-state index is 0.0585. The number of nitrogens with zero attached hydrogens (tertiary/aromatic N) is 4. The summed E-state index contributed by atoms with van der Waals surface area (Å²) in [4.78, 5) is 24.1. The Morgan fingerprint density at radius 2 is 1.89 bits per heavy atom. The summed E-state index contributed by atoms with van der Waals surface area (Å²) in [6, 6.07) is 17.9. The summed E-state index contributed by atoms with van der Waals surface area (Å²) in [6.45, 7) is 0.773. The zero-order valence-corrected chi connectivity index (χ0v) is 15.4. The Balaban J connectivity index is 1.46. The third-order valence-corrected chi connectivity index (χ3v) is 5.35. The normalized spacial score (nSPS) is 16.6. The van der Waals surface area contributed by atoms with Gasteiger partial charge in [0.2, 0.25) is 0 Å². The van der Waals surface area contributed by atoms with Crippen molar-refractivity contribution in [3.8, 4) is 11.3 Å². The third-order valence-electron chi connectivity index (χ3n) is 5.35. The Morgan fingerprint density at radius 3 is 2.71 bits per heavy atom. The summed E-state index contributed by atoms with van der Waals surface area (Å²) < 4.78 is 1.94. The molecule has 4 heterocycles. The summed E-state index contributed by atoms with van der Waals surface area (Å²) in [5, 5.41) is 0. The van der Waals surface area contributed by atoms with Gasteiger partial charge in [-0.15, -0.1) is 0 Å². The molecule has 0 radical (unpaired) electrons. The fourth-order valence-corrected chi connectivity index (χ4v) is 3.96. The molecule has 1 aliphatic rings. The van der Waals surface area contributed by atoms with Gasteiger partial charge in [0.05, 0.1) is 17.3 Å². The van der Waals surface area contributed by atoms with E-state index in [-0.39, 0.29) is 11.9 Å². The molecule has 0 N–H and O–H groups in total. The molecule has 1 amide bonds. The second kappa shape index (κ2) is 6.93. The van der Waals surface area contributed by atoms with Crippen LogP contribution in [0.3, 0.4) is 0 Å². The molecular weight excluding hydrogens is 348 g/mol. The molecule has 0 saturated carbocycles. The lowest BCUT2D eigenvalue weighted by Gasteiger charge is -2.25. The van der Waals surface area contributed by atoms with Gasteiger partial charge >= 0.3 is 0 Å². The second-order valence-electron chi connectivity index (χ2n) is 7.12. The lowest BCUT2D eigenvalue weighted by atomic mass is 10.1. The number of imidazole rings is 1. The van der Waals surface area contributed by atoms with Crippen LogP contribution in [0.4, 0.5) is 0 Å². The number of pyridine rings is 2. The number of amides is 1. The molecule has 5 heteroatoms. The maximum absolute atomic E-state index is 13.2. The van der Waals surface area contributed by atoms with Gasteiger partial charge in [-0.05, 0) is 36.6 Å². The average molecular weight is 368 g/mol. The van der Waals surface area contributed by atoms with Crippen LogP contribution in [-0.4, -0.2) is 31.7 Å². The van der Waals surface area contributed by atoms with Crippen LogP contribution in [0.5, 0.6) is 0 Å². The van der Waals surface area contributed by atoms with E-state index < -0.39 is 0 Å². The van der Waals surface area contributed by atoms with Crippen molar-refractivity contribution >= 4 is 11.6 Å². The molecule has 5 nitrogen and oxygen atoms in total. The molecule has 0 spiro atoms. The second-order valence-corrected chi connectivity index (χ2v) is 7.12. The summed E-state index contributed by atoms with van der Waals surface area (Å²) >= 11 is 0. The molecule has 138 valence electrons. The minimum Gasteiger partial charge on any atom is -0.332 e. The molecule has 5 rings (SSSR count). The highest BCUT2D eigenvalue weighted by atomic mass is 16.2. The quantitative estimate of drug-likeness (QED) is 0.539. The monoisotopic (exact) mass is 368 g/mol. The van der Waals surface area contributed by atoms with E-state index in [1.165, 1.54) is 0 Å². The van der Waals surface area contributed by atoms with E-state index in [2.05, 4.69) is 16.0 Å². The first-order chi connectivity index (χ1) is 13.8. The van der Waals surface area contributed by atoms with E-state index in [4.69, 9.17) is 0 Å². The number of likely N-dealkylation sites (tertiary alicyclic amines) is 1. The number of benzene rings is 1. The van der Waals surface area contributed by atoms with Gasteiger partial charge in [0.25, 0.3) is 5.91 Å². The van der Waals surface area contributed by atoms with Crippen LogP contribution in [-0.2, 0) is 0 Å². The Labute approximate surface area is 163 Å². The highest BCUT2D eigenvalue weighted by molar-refractivity contribution is 5.94. The van der Waals surface area contributed by atoms with Crippen molar-refractivity contribution in [3.63, 3.8) is 0 Å². The van der Waals surface area contributed by atoms with Gasteiger partial charge in [0, 0.05) is 36.9 Å². The fraction of sp³-hybridized carbons (Fsp3) is 0.174. The molecular formula is C23H20N4O. The Bertz CT molecular complexity index is 1120. The highest BCUT2D eigenvalue weighted by Crippen LogP contribution is 2.32. The predicted molar refractivity (Wildman–Crippen MR) is 108 cm³/mol. The summed E-state index contributed by atoms with van der Waals surface area (Å²) in [5.74, 6) is 0.0585. The van der Waals surface area contributed by atoms with Gasteiger partial charge in [-0.1, -0.05) is 36.4 Å². The van der Waals surface area contributed by atoms with Crippen LogP contribution < -0.4 is 0 Å². The van der Waals surface area contributed by atoms with Crippen LogP contribution in [0.15, 0.2) is 79.4 Å². The first-order valence-corrected chi connectivity index (χ1v) is 9.55. The SMILES string of the molecule is O=C(c1ccc2nc(-c3ccccc3)cn2c1)N1CCC[C@@H]1c1cccnc1. The fourth-order valence-electron chi connectivity index (χ4n) is 3.96. The number of hydrogen-bond donors (Lipinski definition) is 0. The number of hydrogen-bond acceptors (Lipinski definition) is 3. The van der Waals surface area contributed by atoms with Crippen LogP contribution in [0.25, 0.3) is 16.9 Å². The number of carbonyl (C=O) groups is 1. The van der Waals surface area contributed by atoms with E-state index in [1.54, 1.807) is 6.20 Å². The zero-order valence-electron chi connectivity index (χ0n) is 15.4. The number of fused-ring (bicyclic) bond motifs is 1. The smallest absolute Gasteiger partial charge is 0.255 e. The van der Waals surface area contributed by atoms with E-state index in [0.717, 1.165) is 41.9 Å². The van der Waals surface area contributed by atoms with Gasteiger partial charge in [-0.2, -0.15) is 0 Å². The van der Waals surface area contributed by atoms with Crippen molar-refractivity contribution in [1.82, 2.24) is 19.3 Å². The lowest BCUT2D eigenvalue weighted by molar-refractivity contribution is 0.0735. The molecule has 1 fully saturated rings. The lowest BCUT2D eigenvalue weighted by Crippen LogP contribution is -2.30. The first-order valence-electron chi connectivity index (χ1n) is 9.55. The topological polar surface area (TPSA) is 50.5 Å². The van der Waals surface area contributed by atoms with Gasteiger partial charge in [-0.25, -0.2) is 4.98 Å². The van der Waals surface area contributed by atoms with Crippen LogP contribution in [0.2, 0.25) is 0 Å². The molecule has 1 aliphatic heterocycles. The zero-order chi connectivity index (χ0) is 18.9. The van der Waals surface area contributed by atoms with Crippen molar-refractivity contribution in [1.29, 1.82) is 0 Å².